The fourth-order valence-electron chi connectivity index (χ4n) is 2.17. The fraction of sp³-hybridized carbons (Fsp3) is 0.312. The van der Waals surface area contributed by atoms with Gasteiger partial charge in [-0.05, 0) is 31.5 Å². The summed E-state index contributed by atoms with van der Waals surface area (Å²) in [5.41, 5.74) is 4.27. The van der Waals surface area contributed by atoms with E-state index in [9.17, 15) is 0 Å². The molecule has 0 saturated carbocycles. The highest BCUT2D eigenvalue weighted by Crippen LogP contribution is 2.17. The normalized spacial score (nSPS) is 17.2. The third kappa shape index (κ3) is 3.37. The number of aryl methyl sites for hydroxylation is 2. The molecule has 0 spiro atoms. The van der Waals surface area contributed by atoms with E-state index in [4.69, 9.17) is 4.84 Å². The van der Waals surface area contributed by atoms with E-state index in [0.29, 0.717) is 6.54 Å². The Morgan fingerprint density at radius 1 is 1.10 bits per heavy atom. The Morgan fingerprint density at radius 2 is 1.90 bits per heavy atom. The molecule has 5 heteroatoms. The molecule has 1 aromatic heterocycles. The summed E-state index contributed by atoms with van der Waals surface area (Å²) >= 11 is 0. The van der Waals surface area contributed by atoms with E-state index in [1.807, 2.05) is 19.1 Å². The lowest BCUT2D eigenvalue weighted by Crippen LogP contribution is -2.20. The predicted octanol–water partition coefficient (Wildman–Crippen LogP) is 2.70. The molecule has 1 aliphatic heterocycles. The molecule has 1 aromatic carbocycles. The second-order valence-corrected chi connectivity index (χ2v) is 5.28. The van der Waals surface area contributed by atoms with E-state index in [1.165, 1.54) is 5.56 Å². The standard InChI is InChI=1S/C16H18N4O/c1-11-3-6-13(7-4-11)15-9-14(21-20-15)10-17-16-8-5-12(2)18-19-16/h3-8,14H,9-10H2,1-2H3,(H,17,19). The fourth-order valence-corrected chi connectivity index (χ4v) is 2.17. The molecule has 0 saturated heterocycles. The molecule has 3 rings (SSSR count). The molecule has 1 atom stereocenters. The van der Waals surface area contributed by atoms with Crippen molar-refractivity contribution < 1.29 is 4.84 Å². The minimum absolute atomic E-state index is 0.0319. The monoisotopic (exact) mass is 282 g/mol. The maximum atomic E-state index is 5.47. The van der Waals surface area contributed by atoms with Crippen molar-refractivity contribution >= 4 is 11.5 Å². The van der Waals surface area contributed by atoms with Crippen molar-refractivity contribution in [1.29, 1.82) is 0 Å². The summed E-state index contributed by atoms with van der Waals surface area (Å²) in [5, 5.41) is 15.5. The maximum Gasteiger partial charge on any atom is 0.150 e. The molecule has 0 radical (unpaired) electrons. The summed E-state index contributed by atoms with van der Waals surface area (Å²) < 4.78 is 0. The van der Waals surface area contributed by atoms with Crippen molar-refractivity contribution in [3.8, 4) is 0 Å². The Bertz CT molecular complexity index is 634. The zero-order valence-electron chi connectivity index (χ0n) is 12.2. The lowest BCUT2D eigenvalue weighted by Gasteiger charge is -2.09. The van der Waals surface area contributed by atoms with E-state index in [0.717, 1.165) is 29.2 Å². The summed E-state index contributed by atoms with van der Waals surface area (Å²) in [6, 6.07) is 12.2. The average molecular weight is 282 g/mol. The lowest BCUT2D eigenvalue weighted by atomic mass is 10.0. The number of nitrogens with zero attached hydrogens (tertiary/aromatic N) is 3. The lowest BCUT2D eigenvalue weighted by molar-refractivity contribution is 0.0948. The molecule has 1 unspecified atom stereocenters. The second-order valence-electron chi connectivity index (χ2n) is 5.28. The van der Waals surface area contributed by atoms with Gasteiger partial charge in [0, 0.05) is 6.42 Å². The predicted molar refractivity (Wildman–Crippen MR) is 82.5 cm³/mol. The van der Waals surface area contributed by atoms with E-state index in [1.54, 1.807) is 0 Å². The van der Waals surface area contributed by atoms with Crippen LogP contribution in [0.1, 0.15) is 23.2 Å². The minimum atomic E-state index is 0.0319. The van der Waals surface area contributed by atoms with Gasteiger partial charge in [-0.1, -0.05) is 35.0 Å². The molecule has 1 aliphatic rings. The van der Waals surface area contributed by atoms with Gasteiger partial charge in [0.05, 0.1) is 18.0 Å². The van der Waals surface area contributed by atoms with Crippen LogP contribution < -0.4 is 5.32 Å². The Balaban J connectivity index is 1.54. The van der Waals surface area contributed by atoms with Crippen LogP contribution in [0.25, 0.3) is 0 Å². The van der Waals surface area contributed by atoms with Gasteiger partial charge in [0.1, 0.15) is 11.9 Å². The molecule has 0 bridgehead atoms. The molecular weight excluding hydrogens is 264 g/mol. The van der Waals surface area contributed by atoms with Crippen LogP contribution in [0.5, 0.6) is 0 Å². The van der Waals surface area contributed by atoms with Crippen LogP contribution in [0, 0.1) is 13.8 Å². The van der Waals surface area contributed by atoms with Crippen LogP contribution in [0.2, 0.25) is 0 Å². The Kier molecular flexibility index (Phi) is 3.81. The zero-order valence-corrected chi connectivity index (χ0v) is 12.2. The molecule has 108 valence electrons. The van der Waals surface area contributed by atoms with Crippen LogP contribution in [-0.4, -0.2) is 28.6 Å². The molecule has 0 fully saturated rings. The van der Waals surface area contributed by atoms with Crippen molar-refractivity contribution in [3.63, 3.8) is 0 Å². The van der Waals surface area contributed by atoms with Crippen molar-refractivity contribution in [2.24, 2.45) is 5.16 Å². The number of aromatic nitrogens is 2. The number of rotatable bonds is 4. The average Bonchev–Trinajstić information content (AvgIpc) is 2.96. The van der Waals surface area contributed by atoms with Crippen LogP contribution in [0.15, 0.2) is 41.6 Å². The first-order valence-corrected chi connectivity index (χ1v) is 7.04. The van der Waals surface area contributed by atoms with Gasteiger partial charge in [-0.2, -0.15) is 5.10 Å². The van der Waals surface area contributed by atoms with E-state index in [2.05, 4.69) is 51.9 Å². The quantitative estimate of drug-likeness (QED) is 0.936. The van der Waals surface area contributed by atoms with Gasteiger partial charge in [0.2, 0.25) is 0 Å². The number of anilines is 1. The summed E-state index contributed by atoms with van der Waals surface area (Å²) in [5.74, 6) is 0.757. The molecular formula is C16H18N4O. The van der Waals surface area contributed by atoms with Crippen molar-refractivity contribution in [1.82, 2.24) is 10.2 Å². The third-order valence-corrected chi connectivity index (χ3v) is 3.43. The van der Waals surface area contributed by atoms with Crippen LogP contribution >= 0.6 is 0 Å². The summed E-state index contributed by atoms with van der Waals surface area (Å²) in [6.07, 6.45) is 0.833. The molecule has 1 N–H and O–H groups in total. The number of nitrogens with one attached hydrogen (secondary N) is 1. The Hall–Kier alpha value is -2.43. The van der Waals surface area contributed by atoms with E-state index < -0.39 is 0 Å². The molecule has 0 aliphatic carbocycles. The Morgan fingerprint density at radius 3 is 2.62 bits per heavy atom. The molecule has 5 nitrogen and oxygen atoms in total. The van der Waals surface area contributed by atoms with E-state index >= 15 is 0 Å². The van der Waals surface area contributed by atoms with Gasteiger partial charge in [0.15, 0.2) is 0 Å². The van der Waals surface area contributed by atoms with Gasteiger partial charge < -0.3 is 10.2 Å². The van der Waals surface area contributed by atoms with Crippen molar-refractivity contribution in [2.75, 3.05) is 11.9 Å². The van der Waals surface area contributed by atoms with Crippen molar-refractivity contribution in [3.05, 3.63) is 53.2 Å². The largest absolute Gasteiger partial charge is 0.390 e. The van der Waals surface area contributed by atoms with Gasteiger partial charge >= 0.3 is 0 Å². The third-order valence-electron chi connectivity index (χ3n) is 3.43. The van der Waals surface area contributed by atoms with Gasteiger partial charge in [-0.15, -0.1) is 5.10 Å². The maximum absolute atomic E-state index is 5.47. The van der Waals surface area contributed by atoms with Gasteiger partial charge in [0.25, 0.3) is 0 Å². The summed E-state index contributed by atoms with van der Waals surface area (Å²) in [4.78, 5) is 5.47. The Labute approximate surface area is 124 Å². The topological polar surface area (TPSA) is 59.4 Å². The number of hydrogen-bond donors (Lipinski definition) is 1. The number of hydrogen-bond acceptors (Lipinski definition) is 5. The molecule has 21 heavy (non-hydrogen) atoms. The minimum Gasteiger partial charge on any atom is -0.390 e. The highest BCUT2D eigenvalue weighted by molar-refractivity contribution is 6.01. The summed E-state index contributed by atoms with van der Waals surface area (Å²) in [6.45, 7) is 4.65. The van der Waals surface area contributed by atoms with Crippen molar-refractivity contribution in [2.45, 2.75) is 26.4 Å². The highest BCUT2D eigenvalue weighted by atomic mass is 16.6. The van der Waals surface area contributed by atoms with Crippen LogP contribution in [0.4, 0.5) is 5.82 Å². The first-order valence-electron chi connectivity index (χ1n) is 7.04. The molecule has 0 amide bonds. The van der Waals surface area contributed by atoms with Crippen LogP contribution in [0.3, 0.4) is 0 Å². The second kappa shape index (κ2) is 5.91. The number of benzene rings is 1. The van der Waals surface area contributed by atoms with E-state index in [-0.39, 0.29) is 6.10 Å². The SMILES string of the molecule is Cc1ccc(C2=NOC(CNc3ccc(C)nn3)C2)cc1. The molecule has 2 aromatic rings. The van der Waals surface area contributed by atoms with Crippen LogP contribution in [-0.2, 0) is 4.84 Å². The zero-order chi connectivity index (χ0) is 14.7. The first-order chi connectivity index (χ1) is 10.2. The van der Waals surface area contributed by atoms with Gasteiger partial charge in [-0.3, -0.25) is 0 Å². The smallest absolute Gasteiger partial charge is 0.150 e. The first kappa shape index (κ1) is 13.5. The van der Waals surface area contributed by atoms with Gasteiger partial charge in [-0.25, -0.2) is 0 Å². The molecule has 2 heterocycles. The number of oxime groups is 1. The highest BCUT2D eigenvalue weighted by Gasteiger charge is 2.21. The summed E-state index contributed by atoms with van der Waals surface area (Å²) in [7, 11) is 0.